The molecule has 0 amide bonds. The summed E-state index contributed by atoms with van der Waals surface area (Å²) < 4.78 is 49.0. The first-order valence-corrected chi connectivity index (χ1v) is 12.1. The number of alkyl halides is 2. The van der Waals surface area contributed by atoms with Gasteiger partial charge in [-0.1, -0.05) is 37.6 Å². The van der Waals surface area contributed by atoms with Gasteiger partial charge < -0.3 is 14.7 Å². The van der Waals surface area contributed by atoms with Crippen molar-refractivity contribution in [3.05, 3.63) is 70.1 Å². The van der Waals surface area contributed by atoms with Crippen LogP contribution in [-0.4, -0.2) is 41.0 Å². The fourth-order valence-electron chi connectivity index (χ4n) is 4.56. The van der Waals surface area contributed by atoms with Crippen LogP contribution >= 0.6 is 0 Å². The zero-order chi connectivity index (χ0) is 26.5. The van der Waals surface area contributed by atoms with Crippen LogP contribution in [0.2, 0.25) is 0 Å². The number of benzene rings is 2. The third-order valence-corrected chi connectivity index (χ3v) is 6.61. The number of ether oxygens (including phenoxy) is 1. The van der Waals surface area contributed by atoms with Gasteiger partial charge in [0.15, 0.2) is 0 Å². The largest absolute Gasteiger partial charge is 0.491 e. The molecule has 0 saturated carbocycles. The van der Waals surface area contributed by atoms with Crippen LogP contribution in [0.5, 0.6) is 5.75 Å². The predicted molar refractivity (Wildman–Crippen MR) is 135 cm³/mol. The Kier molecular flexibility index (Phi) is 8.14. The number of aliphatic hydroxyl groups is 1. The average Bonchev–Trinajstić information content (AvgIpc) is 2.91. The smallest absolute Gasteiger partial charge is 0.324 e. The molecule has 1 N–H and O–H groups in total. The van der Waals surface area contributed by atoms with Crippen LogP contribution in [0.1, 0.15) is 32.7 Å². The highest BCUT2D eigenvalue weighted by Crippen LogP contribution is 2.35. The van der Waals surface area contributed by atoms with Crippen molar-refractivity contribution in [1.82, 2.24) is 9.55 Å². The van der Waals surface area contributed by atoms with Crippen LogP contribution in [0.25, 0.3) is 27.2 Å². The molecule has 7 nitrogen and oxygen atoms in total. The van der Waals surface area contributed by atoms with Crippen molar-refractivity contribution in [2.45, 2.75) is 32.7 Å². The topological polar surface area (TPSA) is 72.0 Å². The Hall–Kier alpha value is -3.84. The van der Waals surface area contributed by atoms with Gasteiger partial charge in [0.1, 0.15) is 18.2 Å². The summed E-state index contributed by atoms with van der Waals surface area (Å²) in [6.07, 6.45) is 2.56. The van der Waals surface area contributed by atoms with E-state index >= 15 is 0 Å². The van der Waals surface area contributed by atoms with Crippen LogP contribution in [0.3, 0.4) is 0 Å². The quantitative estimate of drug-likeness (QED) is 0.395. The molecule has 2 aromatic carbocycles. The van der Waals surface area contributed by atoms with E-state index in [1.54, 1.807) is 17.0 Å². The van der Waals surface area contributed by atoms with Crippen molar-refractivity contribution in [2.24, 2.45) is 5.92 Å². The van der Waals surface area contributed by atoms with Gasteiger partial charge in [-0.2, -0.15) is 8.78 Å². The minimum absolute atomic E-state index is 0.0500. The molecule has 0 bridgehead atoms. The predicted octanol–water partition coefficient (Wildman–Crippen LogP) is 5.66. The molecule has 1 fully saturated rings. The molecule has 0 atom stereocenters. The molecule has 4 rings (SSSR count). The lowest BCUT2D eigenvalue weighted by Crippen LogP contribution is -2.39. The monoisotopic (exact) mass is 512 g/mol. The Balaban J connectivity index is 1.92. The van der Waals surface area contributed by atoms with Gasteiger partial charge in [0.2, 0.25) is 11.6 Å². The Morgan fingerprint density at radius 3 is 2.41 bits per heavy atom. The second-order valence-corrected chi connectivity index (χ2v) is 8.80. The van der Waals surface area contributed by atoms with E-state index in [4.69, 9.17) is 16.4 Å². The Morgan fingerprint density at radius 1 is 1.16 bits per heavy atom. The lowest BCUT2D eigenvalue weighted by molar-refractivity contribution is 0.0666. The normalized spacial score (nSPS) is 14.1. The maximum atomic E-state index is 14.6. The first-order valence-electron chi connectivity index (χ1n) is 12.1. The minimum Gasteiger partial charge on any atom is -0.491 e. The van der Waals surface area contributed by atoms with Crippen molar-refractivity contribution in [2.75, 3.05) is 31.2 Å². The SMILES string of the molecule is [C-]#[N+]c1ccc(-c2nc(N3CCC(CC)CC3)n(C(F)F)c(=O)c2-c2ccc(OCCO)cc2)cc1F. The first kappa shape index (κ1) is 26.2. The van der Waals surface area contributed by atoms with E-state index in [2.05, 4.69) is 16.8 Å². The van der Waals surface area contributed by atoms with Crippen molar-refractivity contribution in [1.29, 1.82) is 0 Å². The molecular formula is C27H27F3N4O3. The molecule has 10 heteroatoms. The summed E-state index contributed by atoms with van der Waals surface area (Å²) in [5.74, 6) is -0.0601. The lowest BCUT2D eigenvalue weighted by Gasteiger charge is -2.34. The number of hydrogen-bond donors (Lipinski definition) is 1. The third-order valence-electron chi connectivity index (χ3n) is 6.61. The molecule has 2 heterocycles. The van der Waals surface area contributed by atoms with Crippen LogP contribution in [0.15, 0.2) is 47.3 Å². The second-order valence-electron chi connectivity index (χ2n) is 8.80. The van der Waals surface area contributed by atoms with Gasteiger partial charge in [0, 0.05) is 18.7 Å². The minimum atomic E-state index is -3.14. The van der Waals surface area contributed by atoms with Gasteiger partial charge in [-0.3, -0.25) is 4.79 Å². The van der Waals surface area contributed by atoms with Crippen LogP contribution < -0.4 is 15.2 Å². The fraction of sp³-hybridized carbons (Fsp3) is 0.370. The van der Waals surface area contributed by atoms with Crippen molar-refractivity contribution < 1.29 is 23.0 Å². The van der Waals surface area contributed by atoms with Crippen molar-refractivity contribution >= 4 is 11.6 Å². The summed E-state index contributed by atoms with van der Waals surface area (Å²) in [7, 11) is 0. The van der Waals surface area contributed by atoms with E-state index < -0.39 is 17.9 Å². The number of halogens is 3. The maximum Gasteiger partial charge on any atom is 0.324 e. The van der Waals surface area contributed by atoms with E-state index in [-0.39, 0.29) is 41.7 Å². The molecule has 37 heavy (non-hydrogen) atoms. The zero-order valence-corrected chi connectivity index (χ0v) is 20.3. The Labute approximate surface area is 212 Å². The number of anilines is 1. The number of piperidine rings is 1. The number of aliphatic hydroxyl groups excluding tert-OH is 1. The molecule has 194 valence electrons. The number of aromatic nitrogens is 2. The van der Waals surface area contributed by atoms with Gasteiger partial charge in [-0.05, 0) is 42.5 Å². The highest BCUT2D eigenvalue weighted by molar-refractivity contribution is 5.82. The Bertz CT molecular complexity index is 1340. The molecule has 0 radical (unpaired) electrons. The molecule has 0 spiro atoms. The maximum absolute atomic E-state index is 14.6. The summed E-state index contributed by atoms with van der Waals surface area (Å²) in [5.41, 5.74) is -0.720. The molecule has 1 aliphatic rings. The third kappa shape index (κ3) is 5.47. The number of hydrogen-bond acceptors (Lipinski definition) is 5. The van der Waals surface area contributed by atoms with E-state index in [1.807, 2.05) is 0 Å². The Morgan fingerprint density at radius 2 is 1.84 bits per heavy atom. The standard InChI is InChI=1S/C27H27F3N4O3/c1-3-17-10-12-33(13-11-17)27-32-24(19-6-9-22(31-2)21(28)16-19)23(25(36)34(27)26(29)30)18-4-7-20(8-5-18)37-15-14-35/h4-9,16-17,26,35H,3,10-15H2,1H3. The molecule has 1 saturated heterocycles. The van der Waals surface area contributed by atoms with Crippen LogP contribution in [0.4, 0.5) is 24.8 Å². The van der Waals surface area contributed by atoms with E-state index in [0.717, 1.165) is 25.3 Å². The fourth-order valence-corrected chi connectivity index (χ4v) is 4.56. The zero-order valence-electron chi connectivity index (χ0n) is 20.3. The van der Waals surface area contributed by atoms with E-state index in [1.165, 1.54) is 24.3 Å². The second kappa shape index (κ2) is 11.5. The first-order chi connectivity index (χ1) is 17.9. The average molecular weight is 513 g/mol. The van der Waals surface area contributed by atoms with Crippen LogP contribution in [0, 0.1) is 18.3 Å². The molecule has 0 aliphatic carbocycles. The number of nitrogens with zero attached hydrogens (tertiary/aromatic N) is 4. The summed E-state index contributed by atoms with van der Waals surface area (Å²) in [5, 5.41) is 8.96. The van der Waals surface area contributed by atoms with E-state index in [9.17, 15) is 18.0 Å². The highest BCUT2D eigenvalue weighted by Gasteiger charge is 2.29. The van der Waals surface area contributed by atoms with Gasteiger partial charge in [-0.15, -0.1) is 0 Å². The van der Waals surface area contributed by atoms with Gasteiger partial charge >= 0.3 is 6.55 Å². The van der Waals surface area contributed by atoms with Crippen molar-refractivity contribution in [3.63, 3.8) is 0 Å². The van der Waals surface area contributed by atoms with E-state index in [0.29, 0.717) is 34.9 Å². The highest BCUT2D eigenvalue weighted by atomic mass is 19.3. The summed E-state index contributed by atoms with van der Waals surface area (Å²) in [4.78, 5) is 23.0. The molecule has 0 unspecified atom stereocenters. The summed E-state index contributed by atoms with van der Waals surface area (Å²) in [6.45, 7) is 6.89. The van der Waals surface area contributed by atoms with Crippen molar-refractivity contribution in [3.8, 4) is 28.1 Å². The number of rotatable bonds is 8. The molecule has 1 aliphatic heterocycles. The van der Waals surface area contributed by atoms with Gasteiger partial charge in [-0.25, -0.2) is 18.8 Å². The molecular weight excluding hydrogens is 485 g/mol. The summed E-state index contributed by atoms with van der Waals surface area (Å²) >= 11 is 0. The van der Waals surface area contributed by atoms with Gasteiger partial charge in [0.25, 0.3) is 5.56 Å². The molecule has 3 aromatic rings. The lowest BCUT2D eigenvalue weighted by atomic mass is 9.94. The summed E-state index contributed by atoms with van der Waals surface area (Å²) in [6, 6.07) is 9.99. The van der Waals surface area contributed by atoms with Gasteiger partial charge in [0.05, 0.1) is 24.4 Å². The molecule has 1 aromatic heterocycles. The van der Waals surface area contributed by atoms with Crippen LogP contribution in [-0.2, 0) is 0 Å².